The van der Waals surface area contributed by atoms with Crippen molar-refractivity contribution >= 4 is 11.6 Å². The molecule has 0 heterocycles. The van der Waals surface area contributed by atoms with Gasteiger partial charge in [-0.2, -0.15) is 5.26 Å². The molecule has 0 aliphatic heterocycles. The zero-order valence-electron chi connectivity index (χ0n) is 12.8. The second-order valence-corrected chi connectivity index (χ2v) is 5.24. The molecule has 0 saturated carbocycles. The molecule has 0 radical (unpaired) electrons. The predicted octanol–water partition coefficient (Wildman–Crippen LogP) is 3.19. The van der Waals surface area contributed by atoms with Crippen LogP contribution in [0.15, 0.2) is 54.6 Å². The lowest BCUT2D eigenvalue weighted by Crippen LogP contribution is -2.32. The molecule has 1 amide bonds. The number of nitrogens with zero attached hydrogens (tertiary/aromatic N) is 2. The van der Waals surface area contributed by atoms with Crippen molar-refractivity contribution in [1.82, 2.24) is 4.90 Å². The first-order valence-electron chi connectivity index (χ1n) is 7.15. The summed E-state index contributed by atoms with van der Waals surface area (Å²) in [6.07, 6.45) is 0. The van der Waals surface area contributed by atoms with Crippen LogP contribution in [0.2, 0.25) is 0 Å². The number of carbonyl (C=O) groups excluding carboxylic acids is 1. The normalized spacial score (nSPS) is 11.7. The van der Waals surface area contributed by atoms with Crippen LogP contribution in [0.1, 0.15) is 24.1 Å². The number of benzene rings is 2. The first-order valence-corrected chi connectivity index (χ1v) is 7.15. The molecule has 2 aromatic carbocycles. The largest absolute Gasteiger partial charge is 0.325 e. The van der Waals surface area contributed by atoms with Gasteiger partial charge in [-0.15, -0.1) is 0 Å². The lowest BCUT2D eigenvalue weighted by molar-refractivity contribution is -0.117. The summed E-state index contributed by atoms with van der Waals surface area (Å²) in [4.78, 5) is 14.1. The number of nitrogens with one attached hydrogen (secondary N) is 1. The Morgan fingerprint density at radius 3 is 2.41 bits per heavy atom. The zero-order chi connectivity index (χ0) is 15.9. The molecule has 0 unspecified atom stereocenters. The highest BCUT2D eigenvalue weighted by molar-refractivity contribution is 5.92. The quantitative estimate of drug-likeness (QED) is 0.921. The van der Waals surface area contributed by atoms with E-state index in [1.807, 2.05) is 30.1 Å². The van der Waals surface area contributed by atoms with Gasteiger partial charge >= 0.3 is 0 Å². The van der Waals surface area contributed by atoms with E-state index in [1.165, 1.54) is 5.56 Å². The van der Waals surface area contributed by atoms with Gasteiger partial charge in [0.25, 0.3) is 0 Å². The highest BCUT2D eigenvalue weighted by Crippen LogP contribution is 2.18. The van der Waals surface area contributed by atoms with E-state index in [1.54, 1.807) is 24.3 Å². The van der Waals surface area contributed by atoms with E-state index in [0.717, 1.165) is 0 Å². The summed E-state index contributed by atoms with van der Waals surface area (Å²) >= 11 is 0. The molecular weight excluding hydrogens is 274 g/mol. The maximum atomic E-state index is 12.1. The molecule has 0 aromatic heterocycles. The second kappa shape index (κ2) is 7.39. The van der Waals surface area contributed by atoms with Crippen LogP contribution < -0.4 is 5.32 Å². The van der Waals surface area contributed by atoms with Crippen molar-refractivity contribution in [3.05, 3.63) is 65.7 Å². The van der Waals surface area contributed by atoms with E-state index in [9.17, 15) is 4.79 Å². The Kier molecular flexibility index (Phi) is 5.29. The second-order valence-electron chi connectivity index (χ2n) is 5.24. The standard InChI is InChI=1S/C18H19N3O/c1-14(16-6-4-3-5-7-16)21(2)13-18(22)20-17-10-8-15(12-19)9-11-17/h3-11,14H,13H2,1-2H3,(H,20,22)/t14-/m0/s1. The molecular formula is C18H19N3O. The van der Waals surface area contributed by atoms with Crippen LogP contribution in [0.4, 0.5) is 5.69 Å². The van der Waals surface area contributed by atoms with Crippen molar-refractivity contribution in [3.8, 4) is 6.07 Å². The monoisotopic (exact) mass is 293 g/mol. The minimum absolute atomic E-state index is 0.0741. The molecule has 112 valence electrons. The first kappa shape index (κ1) is 15.7. The number of hydrogen-bond donors (Lipinski definition) is 1. The van der Waals surface area contributed by atoms with Crippen LogP contribution in [0, 0.1) is 11.3 Å². The Morgan fingerprint density at radius 2 is 1.82 bits per heavy atom. The fourth-order valence-electron chi connectivity index (χ4n) is 2.18. The van der Waals surface area contributed by atoms with E-state index in [-0.39, 0.29) is 11.9 Å². The van der Waals surface area contributed by atoms with Crippen LogP contribution in [0.5, 0.6) is 0 Å². The van der Waals surface area contributed by atoms with Crippen molar-refractivity contribution in [2.75, 3.05) is 18.9 Å². The Bertz CT molecular complexity index is 659. The maximum Gasteiger partial charge on any atom is 0.238 e. The lowest BCUT2D eigenvalue weighted by Gasteiger charge is -2.24. The third-order valence-electron chi connectivity index (χ3n) is 3.63. The van der Waals surface area contributed by atoms with Crippen molar-refractivity contribution in [2.24, 2.45) is 0 Å². The van der Waals surface area contributed by atoms with E-state index in [2.05, 4.69) is 30.4 Å². The summed E-state index contributed by atoms with van der Waals surface area (Å²) in [5, 5.41) is 11.6. The minimum atomic E-state index is -0.0741. The number of carbonyl (C=O) groups is 1. The fourth-order valence-corrected chi connectivity index (χ4v) is 2.18. The molecule has 0 aliphatic carbocycles. The molecule has 1 atom stereocenters. The molecule has 0 fully saturated rings. The summed E-state index contributed by atoms with van der Waals surface area (Å²) in [5.74, 6) is -0.0741. The molecule has 2 aromatic rings. The van der Waals surface area contributed by atoms with Gasteiger partial charge in [0, 0.05) is 11.7 Å². The summed E-state index contributed by atoms with van der Waals surface area (Å²) in [7, 11) is 1.93. The fraction of sp³-hybridized carbons (Fsp3) is 0.222. The Balaban J connectivity index is 1.92. The topological polar surface area (TPSA) is 56.1 Å². The van der Waals surface area contributed by atoms with Crippen molar-refractivity contribution in [1.29, 1.82) is 5.26 Å². The molecule has 2 rings (SSSR count). The van der Waals surface area contributed by atoms with Gasteiger partial charge in [-0.25, -0.2) is 0 Å². The number of nitriles is 1. The number of likely N-dealkylation sites (N-methyl/N-ethyl adjacent to an activating group) is 1. The highest BCUT2D eigenvalue weighted by atomic mass is 16.2. The van der Waals surface area contributed by atoms with E-state index in [4.69, 9.17) is 5.26 Å². The minimum Gasteiger partial charge on any atom is -0.325 e. The van der Waals surface area contributed by atoms with Crippen LogP contribution in [-0.2, 0) is 4.79 Å². The number of amides is 1. The average Bonchev–Trinajstić information content (AvgIpc) is 2.55. The Labute approximate surface area is 131 Å². The summed E-state index contributed by atoms with van der Waals surface area (Å²) in [6.45, 7) is 2.38. The van der Waals surface area contributed by atoms with Crippen LogP contribution in [0.3, 0.4) is 0 Å². The Hall–Kier alpha value is -2.64. The third-order valence-corrected chi connectivity index (χ3v) is 3.63. The molecule has 4 heteroatoms. The number of rotatable bonds is 5. The predicted molar refractivity (Wildman–Crippen MR) is 87.3 cm³/mol. The van der Waals surface area contributed by atoms with Gasteiger partial charge in [0.15, 0.2) is 0 Å². The van der Waals surface area contributed by atoms with Gasteiger partial charge < -0.3 is 5.32 Å². The van der Waals surface area contributed by atoms with Gasteiger partial charge in [-0.1, -0.05) is 30.3 Å². The van der Waals surface area contributed by atoms with Gasteiger partial charge in [0.1, 0.15) is 0 Å². The van der Waals surface area contributed by atoms with Crippen molar-refractivity contribution < 1.29 is 4.79 Å². The smallest absolute Gasteiger partial charge is 0.238 e. The van der Waals surface area contributed by atoms with Crippen LogP contribution >= 0.6 is 0 Å². The highest BCUT2D eigenvalue weighted by Gasteiger charge is 2.14. The SMILES string of the molecule is C[C@@H](c1ccccc1)N(C)CC(=O)Nc1ccc(C#N)cc1. The van der Waals surface area contributed by atoms with Gasteiger partial charge in [-0.05, 0) is 43.8 Å². The number of anilines is 1. The Morgan fingerprint density at radius 1 is 1.18 bits per heavy atom. The lowest BCUT2D eigenvalue weighted by atomic mass is 10.1. The summed E-state index contributed by atoms with van der Waals surface area (Å²) < 4.78 is 0. The number of hydrogen-bond acceptors (Lipinski definition) is 3. The van der Waals surface area contributed by atoms with Gasteiger partial charge in [0.05, 0.1) is 18.2 Å². The molecule has 0 saturated heterocycles. The molecule has 0 bridgehead atoms. The zero-order valence-corrected chi connectivity index (χ0v) is 12.8. The van der Waals surface area contributed by atoms with E-state index < -0.39 is 0 Å². The van der Waals surface area contributed by atoms with Crippen LogP contribution in [-0.4, -0.2) is 24.4 Å². The summed E-state index contributed by atoms with van der Waals surface area (Å²) in [5.41, 5.74) is 2.45. The first-order chi connectivity index (χ1) is 10.6. The van der Waals surface area contributed by atoms with Gasteiger partial charge in [-0.3, -0.25) is 9.69 Å². The molecule has 22 heavy (non-hydrogen) atoms. The maximum absolute atomic E-state index is 12.1. The molecule has 0 spiro atoms. The molecule has 4 nitrogen and oxygen atoms in total. The van der Waals surface area contributed by atoms with E-state index >= 15 is 0 Å². The van der Waals surface area contributed by atoms with Crippen LogP contribution in [0.25, 0.3) is 0 Å². The third kappa shape index (κ3) is 4.18. The van der Waals surface area contributed by atoms with E-state index in [0.29, 0.717) is 17.8 Å². The summed E-state index contributed by atoms with van der Waals surface area (Å²) in [6, 6.07) is 19.1. The molecule has 1 N–H and O–H groups in total. The average molecular weight is 293 g/mol. The van der Waals surface area contributed by atoms with Crippen molar-refractivity contribution in [3.63, 3.8) is 0 Å². The molecule has 0 aliphatic rings. The van der Waals surface area contributed by atoms with Crippen molar-refractivity contribution in [2.45, 2.75) is 13.0 Å². The van der Waals surface area contributed by atoms with Gasteiger partial charge in [0.2, 0.25) is 5.91 Å².